The van der Waals surface area contributed by atoms with Crippen LogP contribution in [0.25, 0.3) is 10.2 Å². The Morgan fingerprint density at radius 1 is 1.07 bits per heavy atom. The predicted octanol–water partition coefficient (Wildman–Crippen LogP) is 4.75. The van der Waals surface area contributed by atoms with Crippen molar-refractivity contribution in [3.63, 3.8) is 0 Å². The van der Waals surface area contributed by atoms with Crippen LogP contribution < -0.4 is 5.32 Å². The number of ether oxygens (including phenoxy) is 1. The van der Waals surface area contributed by atoms with E-state index in [1.54, 1.807) is 11.3 Å². The van der Waals surface area contributed by atoms with E-state index in [2.05, 4.69) is 17.2 Å². The number of aryl methyl sites for hydroxylation is 2. The molecule has 2 aromatic carbocycles. The van der Waals surface area contributed by atoms with Crippen LogP contribution in [0, 0.1) is 0 Å². The second-order valence-corrected chi connectivity index (χ2v) is 7.70. The molecule has 3 aromatic rings. The van der Waals surface area contributed by atoms with Crippen LogP contribution in [0.3, 0.4) is 0 Å². The maximum atomic E-state index is 12.0. The Morgan fingerprint density at radius 3 is 2.61 bits per heavy atom. The second kappa shape index (κ2) is 9.99. The van der Waals surface area contributed by atoms with Crippen molar-refractivity contribution in [2.24, 2.45) is 0 Å². The number of amides is 1. The number of carbonyl (C=O) groups is 2. The molecule has 6 heteroatoms. The van der Waals surface area contributed by atoms with E-state index in [-0.39, 0.29) is 18.9 Å². The summed E-state index contributed by atoms with van der Waals surface area (Å²) in [5.74, 6) is -0.737. The predicted molar refractivity (Wildman–Crippen MR) is 113 cm³/mol. The molecule has 0 saturated heterocycles. The molecule has 1 amide bonds. The smallest absolute Gasteiger partial charge is 0.306 e. The lowest BCUT2D eigenvalue weighted by Crippen LogP contribution is -2.21. The lowest BCUT2D eigenvalue weighted by molar-refractivity contribution is -0.147. The molecule has 0 spiro atoms. The molecule has 0 aliphatic carbocycles. The maximum absolute atomic E-state index is 12.0. The maximum Gasteiger partial charge on any atom is 0.306 e. The van der Waals surface area contributed by atoms with Gasteiger partial charge in [-0.1, -0.05) is 37.6 Å². The van der Waals surface area contributed by atoms with Crippen molar-refractivity contribution in [1.82, 2.24) is 4.98 Å². The van der Waals surface area contributed by atoms with Crippen molar-refractivity contribution in [1.29, 1.82) is 0 Å². The Labute approximate surface area is 168 Å². The molecule has 1 N–H and O–H groups in total. The van der Waals surface area contributed by atoms with E-state index in [0.29, 0.717) is 12.1 Å². The molecular formula is C22H24N2O3S. The summed E-state index contributed by atoms with van der Waals surface area (Å²) in [5.41, 5.74) is 2.90. The molecule has 0 saturated carbocycles. The average molecular weight is 397 g/mol. The molecule has 0 unspecified atom stereocenters. The fourth-order valence-corrected chi connectivity index (χ4v) is 3.75. The van der Waals surface area contributed by atoms with Gasteiger partial charge in [0.2, 0.25) is 0 Å². The van der Waals surface area contributed by atoms with E-state index >= 15 is 0 Å². The highest BCUT2D eigenvalue weighted by molar-refractivity contribution is 7.18. The number of anilines is 1. The highest BCUT2D eigenvalue weighted by atomic mass is 32.1. The highest BCUT2D eigenvalue weighted by Crippen LogP contribution is 2.22. The van der Waals surface area contributed by atoms with Crippen LogP contribution in [0.15, 0.2) is 48.5 Å². The lowest BCUT2D eigenvalue weighted by atomic mass is 10.1. The van der Waals surface area contributed by atoms with E-state index in [0.717, 1.165) is 34.5 Å². The van der Waals surface area contributed by atoms with Crippen molar-refractivity contribution >= 4 is 39.1 Å². The normalized spacial score (nSPS) is 10.8. The van der Waals surface area contributed by atoms with Crippen LogP contribution in [-0.4, -0.2) is 23.5 Å². The SMILES string of the molecule is CCCCc1ccc(NC(=O)COC(=O)CCc2nc3ccccc3s2)cc1. The van der Waals surface area contributed by atoms with Crippen LogP contribution in [0.4, 0.5) is 5.69 Å². The number of thiazole rings is 1. The third-order valence-electron chi connectivity index (χ3n) is 4.30. The van der Waals surface area contributed by atoms with Gasteiger partial charge in [-0.05, 0) is 42.7 Å². The van der Waals surface area contributed by atoms with E-state index in [9.17, 15) is 9.59 Å². The highest BCUT2D eigenvalue weighted by Gasteiger charge is 2.10. The van der Waals surface area contributed by atoms with E-state index < -0.39 is 5.97 Å². The average Bonchev–Trinajstić information content (AvgIpc) is 3.13. The van der Waals surface area contributed by atoms with Gasteiger partial charge in [-0.25, -0.2) is 4.98 Å². The topological polar surface area (TPSA) is 68.3 Å². The summed E-state index contributed by atoms with van der Waals surface area (Å²) in [5, 5.41) is 3.64. The first-order valence-corrected chi connectivity index (χ1v) is 10.3. The number of benzene rings is 2. The van der Waals surface area contributed by atoms with Gasteiger partial charge in [0, 0.05) is 12.1 Å². The van der Waals surface area contributed by atoms with Gasteiger partial charge in [-0.15, -0.1) is 11.3 Å². The summed E-state index contributed by atoms with van der Waals surface area (Å²) in [4.78, 5) is 28.4. The summed E-state index contributed by atoms with van der Waals surface area (Å²) in [7, 11) is 0. The van der Waals surface area contributed by atoms with Gasteiger partial charge in [0.05, 0.1) is 21.6 Å². The zero-order valence-corrected chi connectivity index (χ0v) is 16.8. The number of unbranched alkanes of at least 4 members (excludes halogenated alkanes) is 1. The van der Waals surface area contributed by atoms with Crippen molar-refractivity contribution in [3.05, 3.63) is 59.1 Å². The molecule has 0 fully saturated rings. The minimum Gasteiger partial charge on any atom is -0.456 e. The van der Waals surface area contributed by atoms with Gasteiger partial charge in [0.25, 0.3) is 5.91 Å². The van der Waals surface area contributed by atoms with Gasteiger partial charge >= 0.3 is 5.97 Å². The number of nitrogens with one attached hydrogen (secondary N) is 1. The standard InChI is InChI=1S/C22H24N2O3S/c1-2-3-6-16-9-11-17(12-10-16)23-20(25)15-27-22(26)14-13-21-24-18-7-4-5-8-19(18)28-21/h4-5,7-12H,2-3,6,13-15H2,1H3,(H,23,25). The molecule has 3 rings (SSSR count). The fraction of sp³-hybridized carbons (Fsp3) is 0.318. The zero-order chi connectivity index (χ0) is 19.8. The molecule has 1 heterocycles. The number of fused-ring (bicyclic) bond motifs is 1. The number of hydrogen-bond donors (Lipinski definition) is 1. The minimum atomic E-state index is -0.399. The number of hydrogen-bond acceptors (Lipinski definition) is 5. The van der Waals surface area contributed by atoms with Crippen LogP contribution in [0.5, 0.6) is 0 Å². The van der Waals surface area contributed by atoms with Crippen molar-refractivity contribution in [2.45, 2.75) is 39.0 Å². The first kappa shape index (κ1) is 20.0. The van der Waals surface area contributed by atoms with Gasteiger partial charge in [-0.3, -0.25) is 9.59 Å². The number of esters is 1. The number of aromatic nitrogens is 1. The zero-order valence-electron chi connectivity index (χ0n) is 15.9. The molecule has 146 valence electrons. The van der Waals surface area contributed by atoms with Crippen LogP contribution in [-0.2, 0) is 27.2 Å². The first-order valence-electron chi connectivity index (χ1n) is 9.53. The molecular weight excluding hydrogens is 372 g/mol. The van der Waals surface area contributed by atoms with E-state index in [4.69, 9.17) is 4.74 Å². The molecule has 28 heavy (non-hydrogen) atoms. The summed E-state index contributed by atoms with van der Waals surface area (Å²) in [6.45, 7) is 1.88. The van der Waals surface area contributed by atoms with Crippen LogP contribution in [0.2, 0.25) is 0 Å². The summed E-state index contributed by atoms with van der Waals surface area (Å²) in [6, 6.07) is 15.6. The minimum absolute atomic E-state index is 0.208. The third-order valence-corrected chi connectivity index (χ3v) is 5.40. The van der Waals surface area contributed by atoms with Crippen LogP contribution in [0.1, 0.15) is 36.8 Å². The Bertz CT molecular complexity index is 901. The number of carbonyl (C=O) groups excluding carboxylic acids is 2. The van der Waals surface area contributed by atoms with Crippen molar-refractivity contribution in [3.8, 4) is 0 Å². The van der Waals surface area contributed by atoms with Gasteiger partial charge < -0.3 is 10.1 Å². The summed E-state index contributed by atoms with van der Waals surface area (Å²) in [6.07, 6.45) is 4.07. The lowest BCUT2D eigenvalue weighted by Gasteiger charge is -2.07. The number of para-hydroxylation sites is 1. The van der Waals surface area contributed by atoms with Crippen molar-refractivity contribution < 1.29 is 14.3 Å². The number of rotatable bonds is 9. The van der Waals surface area contributed by atoms with Gasteiger partial charge in [0.1, 0.15) is 0 Å². The Kier molecular flexibility index (Phi) is 7.14. The van der Waals surface area contributed by atoms with Gasteiger partial charge in [0.15, 0.2) is 6.61 Å². The Balaban J connectivity index is 1.39. The largest absolute Gasteiger partial charge is 0.456 e. The molecule has 0 aliphatic rings. The molecule has 0 aliphatic heterocycles. The van der Waals surface area contributed by atoms with E-state index in [1.165, 1.54) is 5.56 Å². The Morgan fingerprint density at radius 2 is 1.86 bits per heavy atom. The first-order chi connectivity index (χ1) is 13.6. The third kappa shape index (κ3) is 5.89. The molecule has 5 nitrogen and oxygen atoms in total. The molecule has 0 atom stereocenters. The number of nitrogens with zero attached hydrogens (tertiary/aromatic N) is 1. The van der Waals surface area contributed by atoms with E-state index in [1.807, 2.05) is 48.5 Å². The summed E-state index contributed by atoms with van der Waals surface area (Å²) < 4.78 is 6.18. The molecule has 1 aromatic heterocycles. The molecule has 0 bridgehead atoms. The monoisotopic (exact) mass is 396 g/mol. The van der Waals surface area contributed by atoms with Crippen LogP contribution >= 0.6 is 11.3 Å². The Hall–Kier alpha value is -2.73. The summed E-state index contributed by atoms with van der Waals surface area (Å²) >= 11 is 1.57. The quantitative estimate of drug-likeness (QED) is 0.530. The fourth-order valence-electron chi connectivity index (χ4n) is 2.79. The van der Waals surface area contributed by atoms with Crippen molar-refractivity contribution in [2.75, 3.05) is 11.9 Å². The second-order valence-electron chi connectivity index (χ2n) is 6.58. The van der Waals surface area contributed by atoms with Gasteiger partial charge in [-0.2, -0.15) is 0 Å². The molecule has 0 radical (unpaired) electrons.